The largest absolute Gasteiger partial charge is 0.416 e. The molecule has 3 aliphatic rings. The third-order valence-corrected chi connectivity index (χ3v) is 7.53. The van der Waals surface area contributed by atoms with Crippen molar-refractivity contribution in [3.05, 3.63) is 47.1 Å². The lowest BCUT2D eigenvalue weighted by Crippen LogP contribution is -2.56. The monoisotopic (exact) mass is 479 g/mol. The summed E-state index contributed by atoms with van der Waals surface area (Å²) in [5.74, 6) is 1.53. The molecule has 0 bridgehead atoms. The Morgan fingerprint density at radius 2 is 1.68 bits per heavy atom. The van der Waals surface area contributed by atoms with Crippen LogP contribution in [0.1, 0.15) is 72.7 Å². The van der Waals surface area contributed by atoms with Crippen molar-refractivity contribution < 1.29 is 22.8 Å². The van der Waals surface area contributed by atoms with E-state index in [9.17, 15) is 18.3 Å². The van der Waals surface area contributed by atoms with Gasteiger partial charge in [0.2, 0.25) is 5.89 Å². The van der Waals surface area contributed by atoms with Crippen LogP contribution in [0.25, 0.3) is 0 Å². The van der Waals surface area contributed by atoms with E-state index in [-0.39, 0.29) is 11.8 Å². The summed E-state index contributed by atoms with van der Waals surface area (Å²) < 4.78 is 44.8. The highest BCUT2D eigenvalue weighted by Gasteiger charge is 2.39. The maximum atomic E-state index is 13.1. The van der Waals surface area contributed by atoms with Gasteiger partial charge in [-0.1, -0.05) is 17.3 Å². The lowest BCUT2D eigenvalue weighted by atomic mass is 9.84. The summed E-state index contributed by atoms with van der Waals surface area (Å²) in [6.07, 6.45) is -0.371. The Morgan fingerprint density at radius 1 is 1.00 bits per heavy atom. The second kappa shape index (κ2) is 9.56. The smallest absolute Gasteiger partial charge is 0.365 e. The highest BCUT2D eigenvalue weighted by atomic mass is 19.4. The summed E-state index contributed by atoms with van der Waals surface area (Å²) in [5, 5.41) is 18.7. The van der Waals surface area contributed by atoms with Gasteiger partial charge in [-0.25, -0.2) is 0 Å². The Kier molecular flexibility index (Phi) is 6.67. The molecule has 3 unspecified atom stereocenters. The Bertz CT molecular complexity index is 954. The zero-order valence-electron chi connectivity index (χ0n) is 19.3. The van der Waals surface area contributed by atoms with Gasteiger partial charge in [-0.2, -0.15) is 18.2 Å². The molecule has 1 saturated carbocycles. The van der Waals surface area contributed by atoms with E-state index in [0.29, 0.717) is 37.4 Å². The van der Waals surface area contributed by atoms with E-state index >= 15 is 0 Å². The molecule has 3 atom stereocenters. The number of nitrogens with zero attached hydrogens (tertiary/aromatic N) is 4. The van der Waals surface area contributed by atoms with E-state index in [1.54, 1.807) is 12.1 Å². The molecule has 1 aromatic heterocycles. The topological polar surface area (TPSA) is 77.7 Å². The zero-order chi connectivity index (χ0) is 23.9. The highest BCUT2D eigenvalue weighted by Crippen LogP contribution is 2.41. The van der Waals surface area contributed by atoms with E-state index in [0.717, 1.165) is 62.3 Å². The van der Waals surface area contributed by atoms with Crippen molar-refractivity contribution in [1.29, 1.82) is 0 Å². The minimum atomic E-state index is -4.36. The SMILES string of the molecule is CNC1CCN(C(O)N2CC(c3ccc(C(F)(F)F)cc3)CC(c3nc(C4CC4)no3)C2)CC1. The summed E-state index contributed by atoms with van der Waals surface area (Å²) in [6, 6.07) is 5.85. The van der Waals surface area contributed by atoms with Gasteiger partial charge in [-0.3, -0.25) is 9.80 Å². The lowest BCUT2D eigenvalue weighted by Gasteiger charge is -2.44. The number of alkyl halides is 3. The predicted octanol–water partition coefficient (Wildman–Crippen LogP) is 3.50. The first-order chi connectivity index (χ1) is 16.3. The van der Waals surface area contributed by atoms with Crippen LogP contribution in [0.2, 0.25) is 0 Å². The summed E-state index contributed by atoms with van der Waals surface area (Å²) in [5.41, 5.74) is 0.171. The molecule has 0 amide bonds. The number of aliphatic hydroxyl groups excluding tert-OH is 1. The van der Waals surface area contributed by atoms with Gasteiger partial charge in [-0.05, 0) is 62.8 Å². The van der Waals surface area contributed by atoms with Crippen molar-refractivity contribution in [2.45, 2.75) is 68.4 Å². The second-order valence-corrected chi connectivity index (χ2v) is 9.91. The maximum Gasteiger partial charge on any atom is 0.416 e. The molecule has 3 fully saturated rings. The van der Waals surface area contributed by atoms with Crippen molar-refractivity contribution in [3.63, 3.8) is 0 Å². The molecule has 3 heterocycles. The van der Waals surface area contributed by atoms with Gasteiger partial charge in [0.15, 0.2) is 12.2 Å². The Morgan fingerprint density at radius 3 is 2.29 bits per heavy atom. The Balaban J connectivity index is 1.36. The molecule has 2 aromatic rings. The maximum absolute atomic E-state index is 13.1. The van der Waals surface area contributed by atoms with Gasteiger partial charge in [0.05, 0.1) is 11.5 Å². The van der Waals surface area contributed by atoms with Crippen LogP contribution in [0, 0.1) is 0 Å². The quantitative estimate of drug-likeness (QED) is 0.657. The minimum Gasteiger partial charge on any atom is -0.365 e. The van der Waals surface area contributed by atoms with Gasteiger partial charge in [0, 0.05) is 38.1 Å². The molecule has 2 aliphatic heterocycles. The van der Waals surface area contributed by atoms with Crippen LogP contribution in [0.4, 0.5) is 13.2 Å². The Hall–Kier alpha value is -2.01. The number of benzene rings is 1. The van der Waals surface area contributed by atoms with E-state index in [2.05, 4.69) is 20.4 Å². The first-order valence-electron chi connectivity index (χ1n) is 12.2. The fourth-order valence-corrected chi connectivity index (χ4v) is 5.26. The van der Waals surface area contributed by atoms with Crippen LogP contribution in [0.5, 0.6) is 0 Å². The molecule has 2 N–H and O–H groups in total. The van der Waals surface area contributed by atoms with Crippen molar-refractivity contribution in [2.24, 2.45) is 0 Å². The summed E-state index contributed by atoms with van der Waals surface area (Å²) in [4.78, 5) is 8.73. The van der Waals surface area contributed by atoms with Gasteiger partial charge in [0.1, 0.15) is 0 Å². The molecule has 10 heteroatoms. The van der Waals surface area contributed by atoms with Crippen molar-refractivity contribution >= 4 is 0 Å². The van der Waals surface area contributed by atoms with Gasteiger partial charge in [0.25, 0.3) is 0 Å². The average Bonchev–Trinajstić information content (AvgIpc) is 3.59. The molecule has 5 rings (SSSR count). The number of nitrogens with one attached hydrogen (secondary N) is 1. The molecule has 1 aliphatic carbocycles. The molecular weight excluding hydrogens is 447 g/mol. The zero-order valence-corrected chi connectivity index (χ0v) is 19.3. The van der Waals surface area contributed by atoms with E-state index in [1.807, 2.05) is 11.9 Å². The predicted molar refractivity (Wildman–Crippen MR) is 119 cm³/mol. The Labute approximate surface area is 197 Å². The van der Waals surface area contributed by atoms with Crippen LogP contribution in [-0.4, -0.2) is 70.7 Å². The first-order valence-corrected chi connectivity index (χ1v) is 12.2. The van der Waals surface area contributed by atoms with Crippen LogP contribution in [0.3, 0.4) is 0 Å². The van der Waals surface area contributed by atoms with Crippen molar-refractivity contribution in [1.82, 2.24) is 25.3 Å². The second-order valence-electron chi connectivity index (χ2n) is 9.91. The molecule has 186 valence electrons. The lowest BCUT2D eigenvalue weighted by molar-refractivity contribution is -0.137. The fourth-order valence-electron chi connectivity index (χ4n) is 5.26. The third kappa shape index (κ3) is 5.15. The number of aromatic nitrogens is 2. The number of aliphatic hydroxyl groups is 1. The number of piperidine rings is 2. The van der Waals surface area contributed by atoms with Crippen molar-refractivity contribution in [2.75, 3.05) is 33.2 Å². The average molecular weight is 480 g/mol. The number of hydrogen-bond acceptors (Lipinski definition) is 7. The molecule has 0 radical (unpaired) electrons. The number of rotatable bonds is 6. The number of halogens is 3. The highest BCUT2D eigenvalue weighted by molar-refractivity contribution is 5.28. The summed E-state index contributed by atoms with van der Waals surface area (Å²) in [7, 11) is 1.96. The fraction of sp³-hybridized carbons (Fsp3) is 0.667. The van der Waals surface area contributed by atoms with Crippen molar-refractivity contribution in [3.8, 4) is 0 Å². The summed E-state index contributed by atoms with van der Waals surface area (Å²) >= 11 is 0. The standard InChI is InChI=1S/C24H32F3N5O2/c1-28-20-8-10-31(11-9-20)23(33)32-13-17(15-4-6-19(7-5-15)24(25,26)27)12-18(14-32)22-29-21(30-34-22)16-2-3-16/h4-7,16-18,20,23,28,33H,2-3,8-14H2,1H3. The third-order valence-electron chi connectivity index (χ3n) is 7.53. The van der Waals surface area contributed by atoms with Gasteiger partial charge < -0.3 is 14.9 Å². The molecule has 1 aromatic carbocycles. The van der Waals surface area contributed by atoms with Crippen LogP contribution in [-0.2, 0) is 6.18 Å². The van der Waals surface area contributed by atoms with E-state index in [4.69, 9.17) is 4.52 Å². The van der Waals surface area contributed by atoms with Crippen LogP contribution < -0.4 is 5.32 Å². The normalized spacial score (nSPS) is 26.6. The van der Waals surface area contributed by atoms with E-state index in [1.165, 1.54) is 0 Å². The molecule has 7 nitrogen and oxygen atoms in total. The van der Waals surface area contributed by atoms with Gasteiger partial charge >= 0.3 is 6.18 Å². The summed E-state index contributed by atoms with van der Waals surface area (Å²) in [6.45, 7) is 2.69. The first kappa shape index (κ1) is 23.7. The molecule has 34 heavy (non-hydrogen) atoms. The molecule has 2 saturated heterocycles. The van der Waals surface area contributed by atoms with Crippen LogP contribution >= 0.6 is 0 Å². The number of likely N-dealkylation sites (tertiary alicyclic amines) is 2. The minimum absolute atomic E-state index is 0.0539. The van der Waals surface area contributed by atoms with E-state index < -0.39 is 18.1 Å². The molecular formula is C24H32F3N5O2. The van der Waals surface area contributed by atoms with Gasteiger partial charge in [-0.15, -0.1) is 0 Å². The molecule has 0 spiro atoms. The van der Waals surface area contributed by atoms with Crippen LogP contribution in [0.15, 0.2) is 28.8 Å². The number of hydrogen-bond donors (Lipinski definition) is 2.